The first kappa shape index (κ1) is 21.3. The number of ether oxygens (including phenoxy) is 1. The van der Waals surface area contributed by atoms with E-state index in [0.717, 1.165) is 49.4 Å². The summed E-state index contributed by atoms with van der Waals surface area (Å²) < 4.78 is 6.68. The summed E-state index contributed by atoms with van der Waals surface area (Å²) in [6.07, 6.45) is 2.84. The summed E-state index contributed by atoms with van der Waals surface area (Å²) in [6.45, 7) is 5.80. The molecule has 170 valence electrons. The van der Waals surface area contributed by atoms with Gasteiger partial charge in [0.05, 0.1) is 17.7 Å². The number of benzene rings is 2. The Balaban J connectivity index is 1.12. The highest BCUT2D eigenvalue weighted by atomic mass is 16.5. The lowest BCUT2D eigenvalue weighted by Crippen LogP contribution is -2.54. The molecule has 1 unspecified atom stereocenters. The Kier molecular flexibility index (Phi) is 5.87. The molecule has 3 aromatic rings. The molecular weight excluding hydrogens is 420 g/mol. The molecular formula is C24H26N6O3. The molecule has 2 aliphatic heterocycles. The number of aromatic nitrogens is 4. The average Bonchev–Trinajstić information content (AvgIpc) is 3.49. The number of hydrogen-bond acceptors (Lipinski definition) is 7. The molecule has 0 N–H and O–H groups in total. The van der Waals surface area contributed by atoms with Gasteiger partial charge in [-0.15, -0.1) is 5.10 Å². The number of rotatable bonds is 6. The van der Waals surface area contributed by atoms with Crippen LogP contribution in [0.25, 0.3) is 5.69 Å². The van der Waals surface area contributed by atoms with Crippen LogP contribution in [0.15, 0.2) is 48.8 Å². The van der Waals surface area contributed by atoms with Crippen molar-refractivity contribution in [2.75, 3.05) is 26.2 Å². The molecule has 0 aliphatic carbocycles. The van der Waals surface area contributed by atoms with Crippen LogP contribution in [0.5, 0.6) is 0 Å². The number of carbonyl (C=O) groups excluding carboxylic acids is 2. The van der Waals surface area contributed by atoms with Crippen molar-refractivity contribution in [3.05, 3.63) is 71.0 Å². The van der Waals surface area contributed by atoms with E-state index in [9.17, 15) is 9.59 Å². The van der Waals surface area contributed by atoms with Crippen molar-refractivity contribution < 1.29 is 14.3 Å². The molecule has 1 amide bonds. The molecule has 1 saturated heterocycles. The summed E-state index contributed by atoms with van der Waals surface area (Å²) in [4.78, 5) is 28.9. The molecule has 0 radical (unpaired) electrons. The van der Waals surface area contributed by atoms with E-state index in [1.807, 2.05) is 41.3 Å². The van der Waals surface area contributed by atoms with Gasteiger partial charge in [0.25, 0.3) is 0 Å². The Morgan fingerprint density at radius 3 is 2.70 bits per heavy atom. The van der Waals surface area contributed by atoms with E-state index >= 15 is 0 Å². The van der Waals surface area contributed by atoms with Crippen LogP contribution < -0.4 is 0 Å². The van der Waals surface area contributed by atoms with Gasteiger partial charge in [-0.3, -0.25) is 9.69 Å². The van der Waals surface area contributed by atoms with Gasteiger partial charge in [0.15, 0.2) is 0 Å². The first-order valence-electron chi connectivity index (χ1n) is 11.2. The summed E-state index contributed by atoms with van der Waals surface area (Å²) in [5.74, 6) is -0.0747. The number of nitrogens with zero attached hydrogens (tertiary/aromatic N) is 6. The Morgan fingerprint density at radius 1 is 1.12 bits per heavy atom. The largest absolute Gasteiger partial charge is 0.457 e. The average molecular weight is 447 g/mol. The Morgan fingerprint density at radius 2 is 1.94 bits per heavy atom. The van der Waals surface area contributed by atoms with Gasteiger partial charge >= 0.3 is 5.97 Å². The van der Waals surface area contributed by atoms with Gasteiger partial charge < -0.3 is 9.64 Å². The van der Waals surface area contributed by atoms with Gasteiger partial charge in [-0.2, -0.15) is 0 Å². The third-order valence-electron chi connectivity index (χ3n) is 6.46. The van der Waals surface area contributed by atoms with Gasteiger partial charge in [0, 0.05) is 37.8 Å². The second kappa shape index (κ2) is 9.11. The SMILES string of the molecule is CC1CN(C(=O)Cc2ccc(-n3cnnn3)cc2)CCN1CCc1ccc2c(c1)COC2=O. The summed E-state index contributed by atoms with van der Waals surface area (Å²) in [5, 5.41) is 11.2. The lowest BCUT2D eigenvalue weighted by atomic mass is 10.0. The van der Waals surface area contributed by atoms with Gasteiger partial charge in [0.1, 0.15) is 12.9 Å². The maximum atomic E-state index is 12.9. The van der Waals surface area contributed by atoms with E-state index in [0.29, 0.717) is 24.6 Å². The van der Waals surface area contributed by atoms with Crippen molar-refractivity contribution in [1.29, 1.82) is 0 Å². The molecule has 33 heavy (non-hydrogen) atoms. The number of cyclic esters (lactones) is 1. The minimum Gasteiger partial charge on any atom is -0.457 e. The number of fused-ring (bicyclic) bond motifs is 1. The zero-order chi connectivity index (χ0) is 22.8. The van der Waals surface area contributed by atoms with Gasteiger partial charge in [-0.05, 0) is 53.1 Å². The van der Waals surface area contributed by atoms with Crippen molar-refractivity contribution in [2.24, 2.45) is 0 Å². The standard InChI is InChI=1S/C24H26N6O3/c1-17-14-29(23(31)13-18-2-5-21(6-3-18)30-16-25-26-27-30)11-10-28(17)9-8-19-4-7-22-20(12-19)15-33-24(22)32/h2-7,12,16-17H,8-11,13-15H2,1H3. The first-order valence-corrected chi connectivity index (χ1v) is 11.2. The van der Waals surface area contributed by atoms with Crippen molar-refractivity contribution in [1.82, 2.24) is 30.0 Å². The second-order valence-electron chi connectivity index (χ2n) is 8.64. The zero-order valence-corrected chi connectivity index (χ0v) is 18.6. The van der Waals surface area contributed by atoms with Gasteiger partial charge in [-0.1, -0.05) is 24.3 Å². The van der Waals surface area contributed by atoms with Crippen LogP contribution in [0.2, 0.25) is 0 Å². The number of piperazine rings is 1. The van der Waals surface area contributed by atoms with E-state index in [1.165, 1.54) is 5.56 Å². The van der Waals surface area contributed by atoms with Crippen molar-refractivity contribution >= 4 is 11.9 Å². The summed E-state index contributed by atoms with van der Waals surface area (Å²) in [7, 11) is 0. The van der Waals surface area contributed by atoms with E-state index < -0.39 is 0 Å². The highest BCUT2D eigenvalue weighted by molar-refractivity contribution is 5.93. The van der Waals surface area contributed by atoms with Crippen LogP contribution in [-0.4, -0.2) is 74.1 Å². The fraction of sp³-hybridized carbons (Fsp3) is 0.375. The quantitative estimate of drug-likeness (QED) is 0.532. The first-order chi connectivity index (χ1) is 16.1. The molecule has 2 aromatic carbocycles. The zero-order valence-electron chi connectivity index (χ0n) is 18.6. The fourth-order valence-corrected chi connectivity index (χ4v) is 4.50. The number of tetrazole rings is 1. The van der Waals surface area contributed by atoms with Crippen molar-refractivity contribution in [2.45, 2.75) is 32.4 Å². The van der Waals surface area contributed by atoms with E-state index in [1.54, 1.807) is 11.0 Å². The molecule has 2 aliphatic rings. The Hall–Kier alpha value is -3.59. The molecule has 1 fully saturated rings. The lowest BCUT2D eigenvalue weighted by Gasteiger charge is -2.40. The third-order valence-corrected chi connectivity index (χ3v) is 6.46. The van der Waals surface area contributed by atoms with Crippen LogP contribution in [-0.2, 0) is 29.0 Å². The molecule has 0 bridgehead atoms. The highest BCUT2D eigenvalue weighted by Crippen LogP contribution is 2.22. The topological polar surface area (TPSA) is 93.5 Å². The molecule has 1 atom stereocenters. The van der Waals surface area contributed by atoms with E-state index in [2.05, 4.69) is 33.4 Å². The second-order valence-corrected chi connectivity index (χ2v) is 8.64. The van der Waals surface area contributed by atoms with Gasteiger partial charge in [0.2, 0.25) is 5.91 Å². The predicted octanol–water partition coefficient (Wildman–Crippen LogP) is 1.65. The predicted molar refractivity (Wildman–Crippen MR) is 120 cm³/mol. The minimum atomic E-state index is -0.227. The maximum Gasteiger partial charge on any atom is 0.338 e. The van der Waals surface area contributed by atoms with Crippen LogP contribution in [0.3, 0.4) is 0 Å². The van der Waals surface area contributed by atoms with Crippen LogP contribution in [0, 0.1) is 0 Å². The van der Waals surface area contributed by atoms with Gasteiger partial charge in [-0.25, -0.2) is 9.48 Å². The van der Waals surface area contributed by atoms with E-state index in [4.69, 9.17) is 4.74 Å². The minimum absolute atomic E-state index is 0.153. The van der Waals surface area contributed by atoms with E-state index in [-0.39, 0.29) is 11.9 Å². The molecule has 9 nitrogen and oxygen atoms in total. The Bertz CT molecular complexity index is 1150. The van der Waals surface area contributed by atoms with Crippen LogP contribution in [0.1, 0.15) is 34.0 Å². The molecule has 1 aromatic heterocycles. The summed E-state index contributed by atoms with van der Waals surface area (Å²) >= 11 is 0. The summed E-state index contributed by atoms with van der Waals surface area (Å²) in [5.41, 5.74) is 4.71. The maximum absolute atomic E-state index is 12.9. The fourth-order valence-electron chi connectivity index (χ4n) is 4.50. The normalized spacial score (nSPS) is 18.3. The third kappa shape index (κ3) is 4.63. The van der Waals surface area contributed by atoms with Crippen molar-refractivity contribution in [3.8, 4) is 5.69 Å². The molecule has 3 heterocycles. The van der Waals surface area contributed by atoms with Crippen molar-refractivity contribution in [3.63, 3.8) is 0 Å². The highest BCUT2D eigenvalue weighted by Gasteiger charge is 2.27. The molecule has 9 heteroatoms. The van der Waals surface area contributed by atoms with Crippen LogP contribution in [0.4, 0.5) is 0 Å². The number of amides is 1. The smallest absolute Gasteiger partial charge is 0.338 e. The Labute approximate surface area is 191 Å². The molecule has 0 spiro atoms. The summed E-state index contributed by atoms with van der Waals surface area (Å²) in [6, 6.07) is 14.0. The lowest BCUT2D eigenvalue weighted by molar-refractivity contribution is -0.133. The number of carbonyl (C=O) groups is 2. The van der Waals surface area contributed by atoms with Crippen LogP contribution >= 0.6 is 0 Å². The number of hydrogen-bond donors (Lipinski definition) is 0. The molecule has 5 rings (SSSR count). The number of esters is 1. The molecule has 0 saturated carbocycles. The monoisotopic (exact) mass is 446 g/mol.